The van der Waals surface area contributed by atoms with E-state index >= 15 is 0 Å². The van der Waals surface area contributed by atoms with E-state index in [1.54, 1.807) is 0 Å². The number of rotatable bonds is 4. The van der Waals surface area contributed by atoms with Crippen molar-refractivity contribution in [2.24, 2.45) is 0 Å². The summed E-state index contributed by atoms with van der Waals surface area (Å²) in [7, 11) is 0. The molecule has 0 aromatic heterocycles. The van der Waals surface area contributed by atoms with Gasteiger partial charge in [-0.2, -0.15) is 0 Å². The van der Waals surface area contributed by atoms with E-state index in [1.165, 1.54) is 24.3 Å². The Labute approximate surface area is 119 Å². The van der Waals surface area contributed by atoms with Crippen LogP contribution in [0.4, 0.5) is 0 Å². The van der Waals surface area contributed by atoms with Crippen molar-refractivity contribution in [2.45, 2.75) is 19.3 Å². The van der Waals surface area contributed by atoms with Gasteiger partial charge in [0, 0.05) is 12.8 Å². The summed E-state index contributed by atoms with van der Waals surface area (Å²) in [6.07, 6.45) is 4.93. The van der Waals surface area contributed by atoms with Gasteiger partial charge in [0.1, 0.15) is 0 Å². The number of aliphatic carboxylic acids is 2. The third kappa shape index (κ3) is 3.22. The van der Waals surface area contributed by atoms with Crippen LogP contribution < -0.4 is 0 Å². The Kier molecular flexibility index (Phi) is 3.98. The lowest BCUT2D eigenvalue weighted by Crippen LogP contribution is -2.15. The van der Waals surface area contributed by atoms with E-state index in [0.29, 0.717) is 0 Å². The average Bonchev–Trinajstić information content (AvgIpc) is 2.38. The van der Waals surface area contributed by atoms with Gasteiger partial charge in [0.2, 0.25) is 0 Å². The smallest absolute Gasteiger partial charge is 0.335 e. The molecule has 2 aliphatic rings. The van der Waals surface area contributed by atoms with Crippen molar-refractivity contribution in [3.8, 4) is 0 Å². The maximum atomic E-state index is 11.4. The Morgan fingerprint density at radius 1 is 0.857 bits per heavy atom. The van der Waals surface area contributed by atoms with Gasteiger partial charge in [0.15, 0.2) is 11.6 Å². The highest BCUT2D eigenvalue weighted by Gasteiger charge is 2.24. The average molecular weight is 288 g/mol. The van der Waals surface area contributed by atoms with E-state index in [9.17, 15) is 19.2 Å². The molecule has 0 saturated heterocycles. The number of carboxylic acids is 2. The first kappa shape index (κ1) is 14.6. The number of hydrogen-bond acceptors (Lipinski definition) is 4. The summed E-state index contributed by atoms with van der Waals surface area (Å²) in [6, 6.07) is 0. The summed E-state index contributed by atoms with van der Waals surface area (Å²) >= 11 is 0. The van der Waals surface area contributed by atoms with Crippen LogP contribution in [0.2, 0.25) is 0 Å². The van der Waals surface area contributed by atoms with Crippen LogP contribution in [-0.4, -0.2) is 33.7 Å². The second kappa shape index (κ2) is 5.70. The van der Waals surface area contributed by atoms with Crippen molar-refractivity contribution in [3.63, 3.8) is 0 Å². The molecule has 0 amide bonds. The topological polar surface area (TPSA) is 109 Å². The molecule has 0 aromatic carbocycles. The van der Waals surface area contributed by atoms with E-state index in [4.69, 9.17) is 10.2 Å². The molecule has 0 spiro atoms. The lowest BCUT2D eigenvalue weighted by molar-refractivity contribution is -0.133. The summed E-state index contributed by atoms with van der Waals surface area (Å²) in [5.41, 5.74) is 0.371. The molecule has 0 saturated carbocycles. The maximum Gasteiger partial charge on any atom is 0.335 e. The molecule has 0 atom stereocenters. The van der Waals surface area contributed by atoms with Gasteiger partial charge < -0.3 is 10.2 Å². The quantitative estimate of drug-likeness (QED) is 0.804. The molecule has 0 aliphatic heterocycles. The maximum absolute atomic E-state index is 11.4. The monoisotopic (exact) mass is 288 g/mol. The van der Waals surface area contributed by atoms with Crippen LogP contribution >= 0.6 is 0 Å². The number of allylic oxidation sites excluding steroid dienone is 4. The van der Waals surface area contributed by atoms with Crippen LogP contribution in [-0.2, 0) is 19.2 Å². The van der Waals surface area contributed by atoms with Crippen LogP contribution in [0.1, 0.15) is 19.3 Å². The molecular formula is C15H12O6. The number of carboxylic acid groups (broad SMARTS) is 2. The lowest BCUT2D eigenvalue weighted by atomic mass is 9.86. The molecule has 2 N–H and O–H groups in total. The minimum Gasteiger partial charge on any atom is -0.478 e. The van der Waals surface area contributed by atoms with Gasteiger partial charge in [-0.25, -0.2) is 9.59 Å². The third-order valence-electron chi connectivity index (χ3n) is 3.22. The fourth-order valence-electron chi connectivity index (χ4n) is 2.28. The first-order valence-electron chi connectivity index (χ1n) is 6.23. The second-order valence-corrected chi connectivity index (χ2v) is 4.70. The van der Waals surface area contributed by atoms with Crippen molar-refractivity contribution in [1.29, 1.82) is 0 Å². The number of carbonyl (C=O) groups is 4. The summed E-state index contributed by atoms with van der Waals surface area (Å²) in [6.45, 7) is 0. The Morgan fingerprint density at radius 3 is 1.57 bits per heavy atom. The summed E-state index contributed by atoms with van der Waals surface area (Å²) < 4.78 is 0. The van der Waals surface area contributed by atoms with Gasteiger partial charge in [-0.05, 0) is 29.7 Å². The summed E-state index contributed by atoms with van der Waals surface area (Å²) in [5, 5.41) is 18.2. The summed E-state index contributed by atoms with van der Waals surface area (Å²) in [5.74, 6) is -2.87. The molecule has 0 radical (unpaired) electrons. The van der Waals surface area contributed by atoms with Gasteiger partial charge in [0.25, 0.3) is 0 Å². The number of ketones is 2. The van der Waals surface area contributed by atoms with Gasteiger partial charge in [-0.15, -0.1) is 0 Å². The van der Waals surface area contributed by atoms with Crippen molar-refractivity contribution in [2.75, 3.05) is 0 Å². The molecule has 0 aromatic rings. The molecular weight excluding hydrogens is 276 g/mol. The van der Waals surface area contributed by atoms with Gasteiger partial charge in [-0.3, -0.25) is 9.59 Å². The van der Waals surface area contributed by atoms with Crippen LogP contribution in [0.25, 0.3) is 0 Å². The van der Waals surface area contributed by atoms with Gasteiger partial charge >= 0.3 is 11.9 Å². The fourth-order valence-corrected chi connectivity index (χ4v) is 2.28. The second-order valence-electron chi connectivity index (χ2n) is 4.70. The minimum absolute atomic E-state index is 0.00470. The largest absolute Gasteiger partial charge is 0.478 e. The molecule has 2 aliphatic carbocycles. The Morgan fingerprint density at radius 2 is 1.24 bits per heavy atom. The van der Waals surface area contributed by atoms with Crippen LogP contribution in [0.5, 0.6) is 0 Å². The Bertz CT molecular complexity index is 614. The molecule has 108 valence electrons. The molecule has 6 nitrogen and oxygen atoms in total. The predicted octanol–water partition coefficient (Wildman–Crippen LogP) is 1.20. The van der Waals surface area contributed by atoms with E-state index in [2.05, 4.69) is 0 Å². The van der Waals surface area contributed by atoms with E-state index in [1.807, 2.05) is 0 Å². The highest BCUT2D eigenvalue weighted by molar-refractivity contribution is 6.04. The molecule has 2 rings (SSSR count). The summed E-state index contributed by atoms with van der Waals surface area (Å²) in [4.78, 5) is 45.2. The zero-order valence-corrected chi connectivity index (χ0v) is 11.0. The Hall–Kier alpha value is -2.76. The first-order valence-corrected chi connectivity index (χ1v) is 6.23. The van der Waals surface area contributed by atoms with Crippen LogP contribution in [0.3, 0.4) is 0 Å². The van der Waals surface area contributed by atoms with E-state index in [0.717, 1.165) is 0 Å². The van der Waals surface area contributed by atoms with Crippen molar-refractivity contribution >= 4 is 23.5 Å². The van der Waals surface area contributed by atoms with Crippen LogP contribution in [0.15, 0.2) is 46.6 Å². The zero-order chi connectivity index (χ0) is 15.6. The van der Waals surface area contributed by atoms with E-state index in [-0.39, 0.29) is 53.1 Å². The van der Waals surface area contributed by atoms with Crippen LogP contribution in [0, 0.1) is 0 Å². The van der Waals surface area contributed by atoms with Gasteiger partial charge in [-0.1, -0.05) is 12.2 Å². The normalized spacial score (nSPS) is 18.5. The number of hydrogen-bond donors (Lipinski definition) is 2. The Balaban J connectivity index is 2.34. The molecule has 21 heavy (non-hydrogen) atoms. The van der Waals surface area contributed by atoms with Gasteiger partial charge in [0.05, 0.1) is 11.1 Å². The van der Waals surface area contributed by atoms with Crippen molar-refractivity contribution in [3.05, 3.63) is 46.6 Å². The minimum atomic E-state index is -1.18. The zero-order valence-electron chi connectivity index (χ0n) is 11.0. The molecule has 0 heterocycles. The first-order chi connectivity index (χ1) is 9.88. The van der Waals surface area contributed by atoms with E-state index < -0.39 is 11.9 Å². The molecule has 0 bridgehead atoms. The molecule has 0 fully saturated rings. The highest BCUT2D eigenvalue weighted by Crippen LogP contribution is 2.29. The molecule has 6 heteroatoms. The molecule has 0 unspecified atom stereocenters. The standard InChI is InChI=1S/C15H12O6/c16-10-1-3-12(14(18)19)8(6-10)5-9-7-11(17)2-4-13(9)15(20)21/h3-4,6-7H,1-2,5H2,(H,18,19)(H,20,21). The lowest BCUT2D eigenvalue weighted by Gasteiger charge is -2.17. The third-order valence-corrected chi connectivity index (χ3v) is 3.22. The van der Waals surface area contributed by atoms with Crippen molar-refractivity contribution in [1.82, 2.24) is 0 Å². The fraction of sp³-hybridized carbons (Fsp3) is 0.200. The number of carbonyl (C=O) groups excluding carboxylic acids is 2. The highest BCUT2D eigenvalue weighted by atomic mass is 16.4. The predicted molar refractivity (Wildman–Crippen MR) is 71.5 cm³/mol. The SMILES string of the molecule is O=C1C=C(CC2=CC(=O)CC=C2C(=O)O)C(C(=O)O)=CC1. The van der Waals surface area contributed by atoms with Crippen molar-refractivity contribution < 1.29 is 29.4 Å².